The summed E-state index contributed by atoms with van der Waals surface area (Å²) in [5.74, 6) is 1.47. The van der Waals surface area contributed by atoms with Crippen molar-refractivity contribution >= 4 is 0 Å². The predicted octanol–water partition coefficient (Wildman–Crippen LogP) is 2.15. The molecule has 1 aromatic rings. The van der Waals surface area contributed by atoms with Gasteiger partial charge in [0.05, 0.1) is 7.11 Å². The minimum Gasteiger partial charge on any atom is -0.493 e. The van der Waals surface area contributed by atoms with E-state index in [0.29, 0.717) is 6.61 Å². The molecule has 1 unspecified atom stereocenters. The van der Waals surface area contributed by atoms with Crippen LogP contribution < -0.4 is 15.2 Å². The lowest BCUT2D eigenvalue weighted by atomic mass is 10.1. The summed E-state index contributed by atoms with van der Waals surface area (Å²) in [6.45, 7) is 6.07. The van der Waals surface area contributed by atoms with Crippen LogP contribution in [0, 0.1) is 0 Å². The molecule has 1 atom stereocenters. The molecule has 0 bridgehead atoms. The van der Waals surface area contributed by atoms with Crippen molar-refractivity contribution in [3.8, 4) is 11.5 Å². The number of rotatable bonds is 6. The molecule has 88 valence electrons. The van der Waals surface area contributed by atoms with E-state index < -0.39 is 0 Å². The summed E-state index contributed by atoms with van der Waals surface area (Å²) in [6.07, 6.45) is 2.53. The molecule has 0 aliphatic rings. The molecule has 2 N–H and O–H groups in total. The Morgan fingerprint density at radius 3 is 2.75 bits per heavy atom. The molecule has 3 nitrogen and oxygen atoms in total. The quantitative estimate of drug-likeness (QED) is 0.749. The lowest BCUT2D eigenvalue weighted by Gasteiger charge is -2.12. The minimum absolute atomic E-state index is 0.139. The van der Waals surface area contributed by atoms with Crippen LogP contribution in [-0.2, 0) is 6.42 Å². The Morgan fingerprint density at radius 1 is 1.44 bits per heavy atom. The lowest BCUT2D eigenvalue weighted by Crippen LogP contribution is -2.17. The van der Waals surface area contributed by atoms with E-state index in [9.17, 15) is 0 Å². The van der Waals surface area contributed by atoms with E-state index in [1.54, 1.807) is 13.2 Å². The van der Waals surface area contributed by atoms with Crippen molar-refractivity contribution in [3.05, 3.63) is 36.4 Å². The number of ether oxygens (including phenoxy) is 2. The van der Waals surface area contributed by atoms with Gasteiger partial charge in [0.1, 0.15) is 6.61 Å². The average Bonchev–Trinajstić information content (AvgIpc) is 2.25. The largest absolute Gasteiger partial charge is 0.493 e. The molecule has 0 aliphatic carbocycles. The molecule has 0 saturated carbocycles. The monoisotopic (exact) mass is 221 g/mol. The third-order valence-electron chi connectivity index (χ3n) is 2.14. The minimum atomic E-state index is 0.139. The van der Waals surface area contributed by atoms with E-state index in [0.717, 1.165) is 23.5 Å². The molecule has 0 spiro atoms. The van der Waals surface area contributed by atoms with Crippen molar-refractivity contribution in [1.82, 2.24) is 0 Å². The molecule has 0 fully saturated rings. The Kier molecular flexibility index (Phi) is 4.86. The molecule has 0 amide bonds. The zero-order chi connectivity index (χ0) is 12.0. The van der Waals surface area contributed by atoms with Crippen LogP contribution >= 0.6 is 0 Å². The highest BCUT2D eigenvalue weighted by molar-refractivity contribution is 5.43. The molecule has 0 radical (unpaired) electrons. The fourth-order valence-corrected chi connectivity index (χ4v) is 1.48. The maximum atomic E-state index is 5.76. The van der Waals surface area contributed by atoms with Gasteiger partial charge in [-0.15, -0.1) is 0 Å². The summed E-state index contributed by atoms with van der Waals surface area (Å²) < 4.78 is 10.7. The van der Waals surface area contributed by atoms with E-state index in [1.807, 2.05) is 25.1 Å². The number of methoxy groups -OCH3 is 1. The van der Waals surface area contributed by atoms with Gasteiger partial charge in [-0.3, -0.25) is 0 Å². The first-order valence-corrected chi connectivity index (χ1v) is 5.33. The SMILES string of the molecule is C=CCOc1cc(CC(C)N)ccc1OC. The first-order valence-electron chi connectivity index (χ1n) is 5.33. The Balaban J connectivity index is 2.86. The molecular formula is C13H19NO2. The fraction of sp³-hybridized carbons (Fsp3) is 0.385. The van der Waals surface area contributed by atoms with Gasteiger partial charge in [-0.05, 0) is 31.0 Å². The first kappa shape index (κ1) is 12.6. The van der Waals surface area contributed by atoms with E-state index in [1.165, 1.54) is 0 Å². The molecule has 1 rings (SSSR count). The van der Waals surface area contributed by atoms with E-state index in [-0.39, 0.29) is 6.04 Å². The van der Waals surface area contributed by atoms with Gasteiger partial charge >= 0.3 is 0 Å². The van der Waals surface area contributed by atoms with Gasteiger partial charge in [0.2, 0.25) is 0 Å². The molecule has 0 aliphatic heterocycles. The molecule has 1 aromatic carbocycles. The zero-order valence-electron chi connectivity index (χ0n) is 9.90. The van der Waals surface area contributed by atoms with Gasteiger partial charge in [0, 0.05) is 6.04 Å². The lowest BCUT2D eigenvalue weighted by molar-refractivity contribution is 0.326. The zero-order valence-corrected chi connectivity index (χ0v) is 9.90. The third kappa shape index (κ3) is 3.59. The topological polar surface area (TPSA) is 44.5 Å². The third-order valence-corrected chi connectivity index (χ3v) is 2.14. The number of nitrogens with two attached hydrogens (primary N) is 1. The van der Waals surface area contributed by atoms with Crippen LogP contribution in [0.2, 0.25) is 0 Å². The van der Waals surface area contributed by atoms with Crippen LogP contribution in [0.1, 0.15) is 12.5 Å². The van der Waals surface area contributed by atoms with Crippen molar-refractivity contribution in [2.75, 3.05) is 13.7 Å². The maximum absolute atomic E-state index is 5.76. The Hall–Kier alpha value is -1.48. The Morgan fingerprint density at radius 2 is 2.19 bits per heavy atom. The second-order valence-corrected chi connectivity index (χ2v) is 3.77. The van der Waals surface area contributed by atoms with Gasteiger partial charge in [0.25, 0.3) is 0 Å². The summed E-state index contributed by atoms with van der Waals surface area (Å²) in [4.78, 5) is 0. The molecule has 0 aromatic heterocycles. The number of benzene rings is 1. The second-order valence-electron chi connectivity index (χ2n) is 3.77. The molecule has 0 heterocycles. The van der Waals surface area contributed by atoms with Gasteiger partial charge in [-0.1, -0.05) is 18.7 Å². The molecule has 3 heteroatoms. The van der Waals surface area contributed by atoms with Crippen LogP contribution in [-0.4, -0.2) is 19.8 Å². The number of hydrogen-bond donors (Lipinski definition) is 1. The van der Waals surface area contributed by atoms with E-state index >= 15 is 0 Å². The van der Waals surface area contributed by atoms with Crippen molar-refractivity contribution < 1.29 is 9.47 Å². The summed E-state index contributed by atoms with van der Waals surface area (Å²) in [7, 11) is 1.63. The first-order chi connectivity index (χ1) is 7.67. The van der Waals surface area contributed by atoms with Crippen LogP contribution in [0.25, 0.3) is 0 Å². The standard InChI is InChI=1S/C13H19NO2/c1-4-7-16-13-9-11(8-10(2)14)5-6-12(13)15-3/h4-6,9-10H,1,7-8,14H2,2-3H3. The van der Waals surface area contributed by atoms with Crippen LogP contribution in [0.4, 0.5) is 0 Å². The van der Waals surface area contributed by atoms with Crippen molar-refractivity contribution in [1.29, 1.82) is 0 Å². The normalized spacial score (nSPS) is 11.9. The smallest absolute Gasteiger partial charge is 0.161 e. The number of hydrogen-bond acceptors (Lipinski definition) is 3. The molecule has 16 heavy (non-hydrogen) atoms. The van der Waals surface area contributed by atoms with Crippen molar-refractivity contribution in [2.45, 2.75) is 19.4 Å². The van der Waals surface area contributed by atoms with Gasteiger partial charge in [-0.2, -0.15) is 0 Å². The van der Waals surface area contributed by atoms with Crippen LogP contribution in [0.3, 0.4) is 0 Å². The van der Waals surface area contributed by atoms with Crippen molar-refractivity contribution in [3.63, 3.8) is 0 Å². The second kappa shape index (κ2) is 6.18. The summed E-state index contributed by atoms with van der Waals surface area (Å²) in [5, 5.41) is 0. The van der Waals surface area contributed by atoms with E-state index in [4.69, 9.17) is 15.2 Å². The van der Waals surface area contributed by atoms with Gasteiger partial charge in [0.15, 0.2) is 11.5 Å². The molecular weight excluding hydrogens is 202 g/mol. The highest BCUT2D eigenvalue weighted by Gasteiger charge is 2.06. The summed E-state index contributed by atoms with van der Waals surface area (Å²) in [6, 6.07) is 6.01. The molecule has 0 saturated heterocycles. The predicted molar refractivity (Wildman–Crippen MR) is 66.0 cm³/mol. The van der Waals surface area contributed by atoms with E-state index in [2.05, 4.69) is 6.58 Å². The maximum Gasteiger partial charge on any atom is 0.161 e. The van der Waals surface area contributed by atoms with Gasteiger partial charge < -0.3 is 15.2 Å². The van der Waals surface area contributed by atoms with Crippen LogP contribution in [0.5, 0.6) is 11.5 Å². The highest BCUT2D eigenvalue weighted by atomic mass is 16.5. The average molecular weight is 221 g/mol. The fourth-order valence-electron chi connectivity index (χ4n) is 1.48. The summed E-state index contributed by atoms with van der Waals surface area (Å²) in [5.41, 5.74) is 6.90. The highest BCUT2D eigenvalue weighted by Crippen LogP contribution is 2.28. The van der Waals surface area contributed by atoms with Crippen molar-refractivity contribution in [2.24, 2.45) is 5.73 Å². The van der Waals surface area contributed by atoms with Crippen LogP contribution in [0.15, 0.2) is 30.9 Å². The Labute approximate surface area is 96.9 Å². The summed E-state index contributed by atoms with van der Waals surface area (Å²) >= 11 is 0. The van der Waals surface area contributed by atoms with Gasteiger partial charge in [-0.25, -0.2) is 0 Å². The Bertz CT molecular complexity index is 348.